The van der Waals surface area contributed by atoms with Gasteiger partial charge < -0.3 is 9.47 Å². The van der Waals surface area contributed by atoms with E-state index in [1.54, 1.807) is 12.1 Å². The van der Waals surface area contributed by atoms with Crippen molar-refractivity contribution in [3.63, 3.8) is 0 Å². The molecule has 1 aromatic carbocycles. The normalized spacial score (nSPS) is 20.1. The number of hydrogen-bond acceptors (Lipinski definition) is 8. The number of esters is 2. The highest BCUT2D eigenvalue weighted by Crippen LogP contribution is 2.51. The maximum atomic E-state index is 11.6. The van der Waals surface area contributed by atoms with E-state index < -0.39 is 22.3 Å². The van der Waals surface area contributed by atoms with E-state index in [1.165, 1.54) is 26.0 Å². The highest BCUT2D eigenvalue weighted by Gasteiger charge is 2.56. The summed E-state index contributed by atoms with van der Waals surface area (Å²) in [5, 5.41) is 18.9. The minimum Gasteiger partial charge on any atom is -0.409 e. The van der Waals surface area contributed by atoms with E-state index in [-0.39, 0.29) is 23.4 Å². The molecule has 1 aliphatic heterocycles. The zero-order chi connectivity index (χ0) is 20.5. The van der Waals surface area contributed by atoms with Crippen LogP contribution in [0.15, 0.2) is 46.1 Å². The number of non-ortho nitro benzene ring substituents is 1. The van der Waals surface area contributed by atoms with Gasteiger partial charge in [0, 0.05) is 31.9 Å². The fourth-order valence-corrected chi connectivity index (χ4v) is 3.62. The lowest BCUT2D eigenvalue weighted by Gasteiger charge is -2.39. The van der Waals surface area contributed by atoms with Crippen LogP contribution in [0.1, 0.15) is 45.1 Å². The summed E-state index contributed by atoms with van der Waals surface area (Å²) in [5.74, 6) is -1.35. The molecule has 0 saturated heterocycles. The van der Waals surface area contributed by atoms with Gasteiger partial charge in [0.2, 0.25) is 11.8 Å². The molecule has 9 nitrogen and oxygen atoms in total. The van der Waals surface area contributed by atoms with Crippen LogP contribution in [0.4, 0.5) is 5.69 Å². The molecule has 0 fully saturated rings. The second-order valence-electron chi connectivity index (χ2n) is 6.83. The third-order valence-corrected chi connectivity index (χ3v) is 4.88. The van der Waals surface area contributed by atoms with Crippen molar-refractivity contribution in [2.75, 3.05) is 0 Å². The Morgan fingerprint density at radius 3 is 2.11 bits per heavy atom. The molecular formula is C19H19N3O6. The molecule has 28 heavy (non-hydrogen) atoms. The van der Waals surface area contributed by atoms with Gasteiger partial charge >= 0.3 is 11.9 Å². The zero-order valence-corrected chi connectivity index (χ0v) is 15.7. The third-order valence-electron chi connectivity index (χ3n) is 4.88. The second-order valence-corrected chi connectivity index (χ2v) is 6.83. The predicted molar refractivity (Wildman–Crippen MR) is 99.7 cm³/mol. The van der Waals surface area contributed by atoms with E-state index in [1.807, 2.05) is 13.0 Å². The lowest BCUT2D eigenvalue weighted by molar-refractivity contribution is -0.384. The number of nitro groups is 1. The van der Waals surface area contributed by atoms with E-state index in [0.29, 0.717) is 12.8 Å². The maximum Gasteiger partial charge on any atom is 0.309 e. The van der Waals surface area contributed by atoms with Crippen molar-refractivity contribution in [3.05, 3.63) is 51.6 Å². The van der Waals surface area contributed by atoms with Gasteiger partial charge in [-0.1, -0.05) is 23.8 Å². The van der Waals surface area contributed by atoms with Crippen molar-refractivity contribution in [1.29, 1.82) is 0 Å². The summed E-state index contributed by atoms with van der Waals surface area (Å²) < 4.78 is 10.7. The number of allylic oxidation sites excluding steroid dienone is 2. The number of carbonyl (C=O) groups is 2. The molecule has 0 N–H and O–H groups in total. The number of rotatable bonds is 2. The number of carbonyl (C=O) groups excluding carboxylic acids is 2. The Labute approximate surface area is 160 Å². The second kappa shape index (κ2) is 7.34. The van der Waals surface area contributed by atoms with Crippen molar-refractivity contribution in [3.8, 4) is 0 Å². The van der Waals surface area contributed by atoms with Crippen molar-refractivity contribution in [1.82, 2.24) is 0 Å². The van der Waals surface area contributed by atoms with Crippen LogP contribution in [0.3, 0.4) is 0 Å². The summed E-state index contributed by atoms with van der Waals surface area (Å²) in [7, 11) is 0. The third kappa shape index (κ3) is 3.42. The summed E-state index contributed by atoms with van der Waals surface area (Å²) in [6.45, 7) is 4.47. The van der Waals surface area contributed by atoms with Crippen LogP contribution in [-0.4, -0.2) is 28.7 Å². The first kappa shape index (κ1) is 19.4. The Bertz CT molecular complexity index is 897. The number of benzene rings is 1. The summed E-state index contributed by atoms with van der Waals surface area (Å²) >= 11 is 0. The molecule has 0 aromatic heterocycles. The number of nitro benzene ring substituents is 1. The quantitative estimate of drug-likeness (QED) is 0.333. The molecule has 0 bridgehead atoms. The van der Waals surface area contributed by atoms with Crippen LogP contribution in [-0.2, 0) is 19.1 Å². The Balaban J connectivity index is 2.11. The molecule has 1 heterocycles. The van der Waals surface area contributed by atoms with Crippen molar-refractivity contribution >= 4 is 29.4 Å². The summed E-state index contributed by atoms with van der Waals surface area (Å²) in [6.07, 6.45) is 2.88. The van der Waals surface area contributed by atoms with Crippen LogP contribution >= 0.6 is 0 Å². The Kier molecular flexibility index (Phi) is 5.08. The molecule has 3 rings (SSSR count). The van der Waals surface area contributed by atoms with Gasteiger partial charge in [-0.25, -0.2) is 0 Å². The Morgan fingerprint density at radius 1 is 1.11 bits per heavy atom. The molecule has 0 radical (unpaired) electrons. The van der Waals surface area contributed by atoms with Gasteiger partial charge in [0.25, 0.3) is 5.69 Å². The van der Waals surface area contributed by atoms with Crippen LogP contribution < -0.4 is 0 Å². The van der Waals surface area contributed by atoms with Crippen molar-refractivity contribution < 1.29 is 24.0 Å². The minimum atomic E-state index is -1.08. The van der Waals surface area contributed by atoms with Crippen LogP contribution in [0.2, 0.25) is 0 Å². The average molecular weight is 385 g/mol. The number of ether oxygens (including phenoxy) is 2. The van der Waals surface area contributed by atoms with E-state index in [9.17, 15) is 19.7 Å². The molecule has 1 unspecified atom stereocenters. The van der Waals surface area contributed by atoms with Gasteiger partial charge in [-0.15, -0.1) is 10.2 Å². The van der Waals surface area contributed by atoms with Crippen molar-refractivity contribution in [2.45, 2.75) is 39.5 Å². The first-order chi connectivity index (χ1) is 13.2. The fraction of sp³-hybridized carbons (Fsp3) is 0.368. The first-order valence-corrected chi connectivity index (χ1v) is 8.67. The van der Waals surface area contributed by atoms with E-state index in [0.717, 1.165) is 11.1 Å². The van der Waals surface area contributed by atoms with Gasteiger partial charge in [-0.2, -0.15) is 0 Å². The van der Waals surface area contributed by atoms with Gasteiger partial charge in [0.05, 0.1) is 4.92 Å². The van der Waals surface area contributed by atoms with Crippen LogP contribution in [0.25, 0.3) is 0 Å². The average Bonchev–Trinajstić information content (AvgIpc) is 2.94. The Hall–Kier alpha value is -3.36. The summed E-state index contributed by atoms with van der Waals surface area (Å²) in [4.78, 5) is 33.8. The van der Waals surface area contributed by atoms with Crippen LogP contribution in [0, 0.1) is 15.5 Å². The zero-order valence-electron chi connectivity index (χ0n) is 15.7. The maximum absolute atomic E-state index is 11.6. The predicted octanol–water partition coefficient (Wildman–Crippen LogP) is 3.26. The highest BCUT2D eigenvalue weighted by atomic mass is 16.6. The molecule has 2 aliphatic rings. The first-order valence-electron chi connectivity index (χ1n) is 8.67. The molecule has 9 heteroatoms. The standard InChI is InChI=1S/C19H19N3O6/c1-11-8-9-19(16(10-11)14-4-6-15(7-5-14)22(25)26)17(27-12(2)23)20-21-18(19)28-13(3)24/h4-8,16H,9-10H2,1-3H3. The van der Waals surface area contributed by atoms with E-state index >= 15 is 0 Å². The topological polar surface area (TPSA) is 120 Å². The van der Waals surface area contributed by atoms with Gasteiger partial charge in [0.1, 0.15) is 5.41 Å². The molecule has 1 aromatic rings. The molecule has 1 atom stereocenters. The van der Waals surface area contributed by atoms with Crippen LogP contribution in [0.5, 0.6) is 0 Å². The SMILES string of the molecule is CC(=O)OC1=NN=C(OC(C)=O)C12CC=C(C)CC2c1ccc([N+](=O)[O-])cc1. The number of hydrogen-bond donors (Lipinski definition) is 0. The molecule has 1 aliphatic carbocycles. The molecule has 1 spiro atoms. The Morgan fingerprint density at radius 2 is 1.64 bits per heavy atom. The molecule has 0 saturated carbocycles. The van der Waals surface area contributed by atoms with E-state index in [2.05, 4.69) is 10.2 Å². The van der Waals surface area contributed by atoms with Gasteiger partial charge in [0.15, 0.2) is 0 Å². The van der Waals surface area contributed by atoms with Gasteiger partial charge in [-0.3, -0.25) is 19.7 Å². The minimum absolute atomic E-state index is 0.0324. The molecule has 0 amide bonds. The summed E-state index contributed by atoms with van der Waals surface area (Å²) in [5.41, 5.74) is 0.743. The largest absolute Gasteiger partial charge is 0.409 e. The van der Waals surface area contributed by atoms with Gasteiger partial charge in [-0.05, 0) is 25.3 Å². The van der Waals surface area contributed by atoms with E-state index in [4.69, 9.17) is 9.47 Å². The monoisotopic (exact) mass is 385 g/mol. The lowest BCUT2D eigenvalue weighted by atomic mass is 9.64. The number of nitrogens with zero attached hydrogens (tertiary/aromatic N) is 3. The molecular weight excluding hydrogens is 366 g/mol. The molecule has 146 valence electrons. The smallest absolute Gasteiger partial charge is 0.309 e. The highest BCUT2D eigenvalue weighted by molar-refractivity contribution is 6.13. The fourth-order valence-electron chi connectivity index (χ4n) is 3.62. The summed E-state index contributed by atoms with van der Waals surface area (Å²) in [6, 6.07) is 6.13. The van der Waals surface area contributed by atoms with Crippen molar-refractivity contribution in [2.24, 2.45) is 15.6 Å². The lowest BCUT2D eigenvalue weighted by Crippen LogP contribution is -2.46.